The van der Waals surface area contributed by atoms with E-state index in [0.29, 0.717) is 6.54 Å². The molecular weight excluding hydrogens is 384 g/mol. The number of nitro benzene ring substituents is 1. The van der Waals surface area contributed by atoms with E-state index in [1.165, 1.54) is 29.2 Å². The number of aliphatic hydroxyl groups excluding tert-OH is 1. The van der Waals surface area contributed by atoms with Crippen molar-refractivity contribution in [2.24, 2.45) is 0 Å². The topological polar surface area (TPSA) is 101 Å². The molecule has 0 aromatic heterocycles. The van der Waals surface area contributed by atoms with Crippen LogP contribution in [-0.4, -0.2) is 33.2 Å². The summed E-state index contributed by atoms with van der Waals surface area (Å²) in [6.07, 6.45) is 2.65. The number of carbonyl (C=O) groups excluding carboxylic acids is 2. The number of ketones is 1. The van der Waals surface area contributed by atoms with E-state index in [1.54, 1.807) is 0 Å². The normalized spacial score (nSPS) is 18.1. The van der Waals surface area contributed by atoms with Gasteiger partial charge in [-0.3, -0.25) is 19.7 Å². The molecule has 3 rings (SSSR count). The number of non-ortho nitro benzene ring substituents is 1. The van der Waals surface area contributed by atoms with Gasteiger partial charge in [0.05, 0.1) is 16.5 Å². The summed E-state index contributed by atoms with van der Waals surface area (Å²) in [5.74, 6) is -1.70. The van der Waals surface area contributed by atoms with Crippen molar-refractivity contribution >= 4 is 23.1 Å². The summed E-state index contributed by atoms with van der Waals surface area (Å²) in [7, 11) is 0. The van der Waals surface area contributed by atoms with Gasteiger partial charge in [0.15, 0.2) is 0 Å². The molecule has 0 aliphatic carbocycles. The number of Topliss-reactive ketones (excluding diaryl/α,β-unsaturated/α-hetero) is 1. The fraction of sp³-hybridized carbons (Fsp3) is 0.304. The molecule has 1 N–H and O–H groups in total. The van der Waals surface area contributed by atoms with Crippen LogP contribution in [0.1, 0.15) is 48.9 Å². The van der Waals surface area contributed by atoms with Crippen molar-refractivity contribution in [2.75, 3.05) is 6.54 Å². The second-order valence-electron chi connectivity index (χ2n) is 7.36. The van der Waals surface area contributed by atoms with Gasteiger partial charge in [0.1, 0.15) is 5.76 Å². The highest BCUT2D eigenvalue weighted by Gasteiger charge is 2.46. The molecule has 2 aromatic rings. The van der Waals surface area contributed by atoms with Crippen molar-refractivity contribution in [3.8, 4) is 0 Å². The number of hydrogen-bond donors (Lipinski definition) is 1. The van der Waals surface area contributed by atoms with E-state index in [9.17, 15) is 24.8 Å². The van der Waals surface area contributed by atoms with Crippen LogP contribution in [-0.2, 0) is 9.59 Å². The zero-order valence-electron chi connectivity index (χ0n) is 17.0. The van der Waals surface area contributed by atoms with Gasteiger partial charge in [0.25, 0.3) is 17.4 Å². The summed E-state index contributed by atoms with van der Waals surface area (Å²) < 4.78 is 0. The Morgan fingerprint density at radius 3 is 2.37 bits per heavy atom. The van der Waals surface area contributed by atoms with E-state index in [-0.39, 0.29) is 22.6 Å². The zero-order valence-corrected chi connectivity index (χ0v) is 17.0. The van der Waals surface area contributed by atoms with Crippen LogP contribution in [0.25, 0.3) is 5.76 Å². The van der Waals surface area contributed by atoms with Crippen molar-refractivity contribution in [2.45, 2.75) is 39.2 Å². The molecule has 1 atom stereocenters. The van der Waals surface area contributed by atoms with E-state index in [4.69, 9.17) is 0 Å². The van der Waals surface area contributed by atoms with Gasteiger partial charge >= 0.3 is 0 Å². The highest BCUT2D eigenvalue weighted by atomic mass is 16.6. The number of likely N-dealkylation sites (tertiary alicyclic amines) is 1. The van der Waals surface area contributed by atoms with Gasteiger partial charge in [-0.1, -0.05) is 44.0 Å². The summed E-state index contributed by atoms with van der Waals surface area (Å²) >= 11 is 0. The van der Waals surface area contributed by atoms with Crippen molar-refractivity contribution in [3.05, 3.63) is 80.9 Å². The molecule has 1 aliphatic heterocycles. The van der Waals surface area contributed by atoms with E-state index in [2.05, 4.69) is 6.92 Å². The third-order valence-corrected chi connectivity index (χ3v) is 5.38. The Labute approximate surface area is 174 Å². The lowest BCUT2D eigenvalue weighted by molar-refractivity contribution is -0.384. The average Bonchev–Trinajstić information content (AvgIpc) is 2.98. The molecule has 0 bridgehead atoms. The highest BCUT2D eigenvalue weighted by molar-refractivity contribution is 6.46. The van der Waals surface area contributed by atoms with Crippen LogP contribution in [0, 0.1) is 17.0 Å². The molecule has 1 aliphatic rings. The first-order valence-electron chi connectivity index (χ1n) is 9.95. The largest absolute Gasteiger partial charge is 0.507 e. The van der Waals surface area contributed by atoms with Crippen LogP contribution in [0.3, 0.4) is 0 Å². The number of unbranched alkanes of at least 4 members (excludes halogenated alkanes) is 2. The molecule has 0 saturated carbocycles. The number of amides is 1. The Kier molecular flexibility index (Phi) is 6.30. The van der Waals surface area contributed by atoms with Crippen LogP contribution in [0.15, 0.2) is 54.1 Å². The molecule has 0 radical (unpaired) electrons. The monoisotopic (exact) mass is 408 g/mol. The summed E-state index contributed by atoms with van der Waals surface area (Å²) in [5, 5.41) is 21.9. The maximum atomic E-state index is 12.9. The number of hydrogen-bond acceptors (Lipinski definition) is 5. The van der Waals surface area contributed by atoms with Crippen LogP contribution in [0.5, 0.6) is 0 Å². The van der Waals surface area contributed by atoms with Gasteiger partial charge in [0, 0.05) is 24.2 Å². The number of aryl methyl sites for hydroxylation is 1. The van der Waals surface area contributed by atoms with E-state index >= 15 is 0 Å². The Morgan fingerprint density at radius 2 is 1.77 bits per heavy atom. The molecule has 30 heavy (non-hydrogen) atoms. The molecule has 156 valence electrons. The predicted molar refractivity (Wildman–Crippen MR) is 113 cm³/mol. The van der Waals surface area contributed by atoms with Crippen molar-refractivity contribution in [1.82, 2.24) is 4.90 Å². The first kappa shape index (κ1) is 21.2. The molecule has 7 heteroatoms. The number of carbonyl (C=O) groups is 2. The SMILES string of the molecule is CCCCCN1C(=O)C(=O)/C(=C(/O)c2ccc([N+](=O)[O-])cc2)C1c1ccccc1C. The molecule has 1 heterocycles. The lowest BCUT2D eigenvalue weighted by atomic mass is 9.92. The molecule has 1 saturated heterocycles. The minimum absolute atomic E-state index is 0.0136. The number of aliphatic hydroxyl groups is 1. The highest BCUT2D eigenvalue weighted by Crippen LogP contribution is 2.40. The Hall–Kier alpha value is -3.48. The van der Waals surface area contributed by atoms with E-state index in [1.807, 2.05) is 31.2 Å². The number of benzene rings is 2. The molecule has 2 aromatic carbocycles. The van der Waals surface area contributed by atoms with Crippen molar-refractivity contribution in [3.63, 3.8) is 0 Å². The van der Waals surface area contributed by atoms with Gasteiger partial charge in [-0.2, -0.15) is 0 Å². The second-order valence-corrected chi connectivity index (χ2v) is 7.36. The summed E-state index contributed by atoms with van der Waals surface area (Å²) in [6, 6.07) is 12.0. The van der Waals surface area contributed by atoms with E-state index < -0.39 is 22.7 Å². The lowest BCUT2D eigenvalue weighted by Crippen LogP contribution is -2.31. The van der Waals surface area contributed by atoms with E-state index in [0.717, 1.165) is 30.4 Å². The Bertz CT molecular complexity index is 1010. The van der Waals surface area contributed by atoms with Gasteiger partial charge in [-0.15, -0.1) is 0 Å². The third kappa shape index (κ3) is 3.96. The maximum absolute atomic E-state index is 12.9. The standard InChI is InChI=1S/C23H24N2O5/c1-3-4-7-14-24-20(18-9-6-5-8-15(18)2)19(22(27)23(24)28)21(26)16-10-12-17(13-11-16)25(29)30/h5-6,8-13,20,26H,3-4,7,14H2,1-2H3/b21-19+. The Balaban J connectivity index is 2.12. The minimum atomic E-state index is -0.740. The van der Waals surface area contributed by atoms with Crippen LogP contribution in [0.4, 0.5) is 5.69 Å². The van der Waals surface area contributed by atoms with Gasteiger partial charge in [-0.05, 0) is 36.6 Å². The summed E-state index contributed by atoms with van der Waals surface area (Å²) in [6.45, 7) is 4.36. The van der Waals surface area contributed by atoms with Gasteiger partial charge in [0.2, 0.25) is 0 Å². The smallest absolute Gasteiger partial charge is 0.295 e. The van der Waals surface area contributed by atoms with Gasteiger partial charge < -0.3 is 10.0 Å². The predicted octanol–water partition coefficient (Wildman–Crippen LogP) is 4.52. The quantitative estimate of drug-likeness (QED) is 0.181. The van der Waals surface area contributed by atoms with Crippen LogP contribution in [0.2, 0.25) is 0 Å². The average molecular weight is 408 g/mol. The number of rotatable bonds is 7. The fourth-order valence-electron chi connectivity index (χ4n) is 3.76. The molecule has 0 spiro atoms. The summed E-state index contributed by atoms with van der Waals surface area (Å²) in [5.41, 5.74) is 1.82. The zero-order chi connectivity index (χ0) is 21.8. The van der Waals surface area contributed by atoms with Crippen LogP contribution >= 0.6 is 0 Å². The third-order valence-electron chi connectivity index (χ3n) is 5.38. The van der Waals surface area contributed by atoms with Crippen molar-refractivity contribution in [1.29, 1.82) is 0 Å². The molecule has 1 amide bonds. The molecule has 1 fully saturated rings. The first-order chi connectivity index (χ1) is 14.4. The Morgan fingerprint density at radius 1 is 1.10 bits per heavy atom. The number of nitro groups is 1. The minimum Gasteiger partial charge on any atom is -0.507 e. The molecule has 1 unspecified atom stereocenters. The van der Waals surface area contributed by atoms with Gasteiger partial charge in [-0.25, -0.2) is 0 Å². The molecule has 7 nitrogen and oxygen atoms in total. The summed E-state index contributed by atoms with van der Waals surface area (Å²) in [4.78, 5) is 37.6. The maximum Gasteiger partial charge on any atom is 0.295 e. The first-order valence-corrected chi connectivity index (χ1v) is 9.95. The van der Waals surface area contributed by atoms with Crippen molar-refractivity contribution < 1.29 is 19.6 Å². The second kappa shape index (κ2) is 8.90. The van der Waals surface area contributed by atoms with Crippen LogP contribution < -0.4 is 0 Å². The molecular formula is C23H24N2O5. The number of nitrogens with zero attached hydrogens (tertiary/aromatic N) is 2. The lowest BCUT2D eigenvalue weighted by Gasteiger charge is -2.26. The fourth-order valence-corrected chi connectivity index (χ4v) is 3.76.